The number of nitrogens with one attached hydrogen (secondary N) is 1. The molecule has 0 spiro atoms. The fourth-order valence-corrected chi connectivity index (χ4v) is 2.06. The van der Waals surface area contributed by atoms with Gasteiger partial charge in [-0.05, 0) is 39.1 Å². The van der Waals surface area contributed by atoms with Crippen LogP contribution in [0.5, 0.6) is 0 Å². The molecular weight excluding hydrogens is 278 g/mol. The summed E-state index contributed by atoms with van der Waals surface area (Å²) in [5, 5.41) is 2.88. The van der Waals surface area contributed by atoms with E-state index in [1.807, 2.05) is 19.0 Å². The van der Waals surface area contributed by atoms with Crippen molar-refractivity contribution in [3.63, 3.8) is 0 Å². The largest absolute Gasteiger partial charge is 0.323 e. The third-order valence-electron chi connectivity index (χ3n) is 3.21. The van der Waals surface area contributed by atoms with Crippen LogP contribution in [0, 0.1) is 5.92 Å². The molecule has 0 saturated heterocycles. The second-order valence-electron chi connectivity index (χ2n) is 6.21. The summed E-state index contributed by atoms with van der Waals surface area (Å²) < 4.78 is 0. The van der Waals surface area contributed by atoms with Crippen molar-refractivity contribution in [2.75, 3.05) is 39.0 Å². The molecule has 22 heavy (non-hydrogen) atoms. The monoisotopic (exact) mass is 305 g/mol. The Morgan fingerprint density at radius 2 is 1.86 bits per heavy atom. The van der Waals surface area contributed by atoms with Crippen LogP contribution in [0.4, 0.5) is 10.5 Å². The van der Waals surface area contributed by atoms with Crippen molar-refractivity contribution in [3.8, 4) is 0 Å². The number of carbonyl (C=O) groups is 2. The fraction of sp³-hybridized carbons (Fsp3) is 0.529. The predicted octanol–water partition coefficient (Wildman–Crippen LogP) is 2.94. The first-order chi connectivity index (χ1) is 10.3. The molecule has 5 nitrogen and oxygen atoms in total. The van der Waals surface area contributed by atoms with E-state index in [1.54, 1.807) is 24.3 Å². The summed E-state index contributed by atoms with van der Waals surface area (Å²) in [4.78, 5) is 27.7. The highest BCUT2D eigenvalue weighted by Crippen LogP contribution is 2.12. The smallest absolute Gasteiger partial charge is 0.321 e. The summed E-state index contributed by atoms with van der Waals surface area (Å²) in [5.74, 6) is 0.388. The molecule has 0 heterocycles. The van der Waals surface area contributed by atoms with Crippen molar-refractivity contribution >= 4 is 17.5 Å². The van der Waals surface area contributed by atoms with E-state index in [0.717, 1.165) is 6.54 Å². The number of carbonyl (C=O) groups excluding carboxylic acids is 2. The standard InChI is InChI=1S/C17H27N3O2/c1-13(2)12-20(10-9-19(4)5)17(22)18-16-8-6-7-15(11-16)14(3)21/h6-8,11,13H,9-10,12H2,1-5H3,(H,18,22). The van der Waals surface area contributed by atoms with Gasteiger partial charge in [-0.3, -0.25) is 4.79 Å². The number of benzene rings is 1. The molecule has 1 aromatic rings. The van der Waals surface area contributed by atoms with E-state index >= 15 is 0 Å². The van der Waals surface area contributed by atoms with Gasteiger partial charge in [-0.25, -0.2) is 4.79 Å². The van der Waals surface area contributed by atoms with Gasteiger partial charge in [0.15, 0.2) is 5.78 Å². The average molecular weight is 305 g/mol. The number of anilines is 1. The summed E-state index contributed by atoms with van der Waals surface area (Å²) in [7, 11) is 3.98. The minimum atomic E-state index is -0.128. The summed E-state index contributed by atoms with van der Waals surface area (Å²) in [6, 6.07) is 6.90. The second kappa shape index (κ2) is 8.54. The van der Waals surface area contributed by atoms with Gasteiger partial charge < -0.3 is 15.1 Å². The van der Waals surface area contributed by atoms with Gasteiger partial charge in [-0.1, -0.05) is 26.0 Å². The Balaban J connectivity index is 2.76. The number of rotatable bonds is 7. The lowest BCUT2D eigenvalue weighted by Crippen LogP contribution is -2.41. The van der Waals surface area contributed by atoms with Crippen LogP contribution >= 0.6 is 0 Å². The summed E-state index contributed by atoms with van der Waals surface area (Å²) >= 11 is 0. The van der Waals surface area contributed by atoms with Crippen molar-refractivity contribution in [2.24, 2.45) is 5.92 Å². The Labute approximate surface area is 133 Å². The van der Waals surface area contributed by atoms with Crippen LogP contribution in [0.3, 0.4) is 0 Å². The molecule has 2 amide bonds. The van der Waals surface area contributed by atoms with E-state index in [1.165, 1.54) is 6.92 Å². The predicted molar refractivity (Wildman–Crippen MR) is 90.4 cm³/mol. The number of hydrogen-bond acceptors (Lipinski definition) is 3. The van der Waals surface area contributed by atoms with Gasteiger partial charge in [0, 0.05) is 30.9 Å². The third kappa shape index (κ3) is 6.26. The maximum Gasteiger partial charge on any atom is 0.321 e. The van der Waals surface area contributed by atoms with Crippen LogP contribution < -0.4 is 5.32 Å². The molecule has 0 aliphatic carbocycles. The quantitative estimate of drug-likeness (QED) is 0.788. The molecule has 0 saturated carbocycles. The summed E-state index contributed by atoms with van der Waals surface area (Å²) in [6.07, 6.45) is 0. The molecule has 122 valence electrons. The SMILES string of the molecule is CC(=O)c1cccc(NC(=O)N(CCN(C)C)CC(C)C)c1. The second-order valence-corrected chi connectivity index (χ2v) is 6.21. The van der Waals surface area contributed by atoms with Gasteiger partial charge >= 0.3 is 6.03 Å². The molecule has 0 unspecified atom stereocenters. The lowest BCUT2D eigenvalue weighted by atomic mass is 10.1. The Hall–Kier alpha value is -1.88. The molecule has 0 fully saturated rings. The molecule has 1 N–H and O–H groups in total. The van der Waals surface area contributed by atoms with Gasteiger partial charge in [0.1, 0.15) is 0 Å². The first-order valence-electron chi connectivity index (χ1n) is 7.61. The zero-order chi connectivity index (χ0) is 16.7. The van der Waals surface area contributed by atoms with E-state index in [4.69, 9.17) is 0 Å². The van der Waals surface area contributed by atoms with E-state index in [-0.39, 0.29) is 11.8 Å². The Morgan fingerprint density at radius 1 is 1.18 bits per heavy atom. The minimum absolute atomic E-state index is 0.0113. The zero-order valence-corrected chi connectivity index (χ0v) is 14.2. The van der Waals surface area contributed by atoms with Crippen LogP contribution in [0.1, 0.15) is 31.1 Å². The number of nitrogens with zero attached hydrogens (tertiary/aromatic N) is 2. The molecule has 5 heteroatoms. The van der Waals surface area contributed by atoms with Crippen molar-refractivity contribution < 1.29 is 9.59 Å². The van der Waals surface area contributed by atoms with Crippen LogP contribution in [-0.2, 0) is 0 Å². The summed E-state index contributed by atoms with van der Waals surface area (Å²) in [5.41, 5.74) is 1.25. The van der Waals surface area contributed by atoms with E-state index in [0.29, 0.717) is 30.3 Å². The highest BCUT2D eigenvalue weighted by Gasteiger charge is 2.15. The third-order valence-corrected chi connectivity index (χ3v) is 3.21. The zero-order valence-electron chi connectivity index (χ0n) is 14.2. The van der Waals surface area contributed by atoms with Gasteiger partial charge in [0.05, 0.1) is 0 Å². The normalized spacial score (nSPS) is 10.9. The number of ketones is 1. The molecule has 1 rings (SSSR count). The first kappa shape index (κ1) is 18.2. The van der Waals surface area contributed by atoms with Gasteiger partial charge in [0.25, 0.3) is 0 Å². The van der Waals surface area contributed by atoms with Gasteiger partial charge in [0.2, 0.25) is 0 Å². The highest BCUT2D eigenvalue weighted by molar-refractivity contribution is 5.96. The number of hydrogen-bond donors (Lipinski definition) is 1. The number of urea groups is 1. The number of amides is 2. The van der Waals surface area contributed by atoms with Crippen LogP contribution in [0.2, 0.25) is 0 Å². The first-order valence-corrected chi connectivity index (χ1v) is 7.61. The highest BCUT2D eigenvalue weighted by atomic mass is 16.2. The molecule has 1 aromatic carbocycles. The van der Waals surface area contributed by atoms with Crippen LogP contribution in [-0.4, -0.2) is 55.3 Å². The average Bonchev–Trinajstić information content (AvgIpc) is 2.43. The van der Waals surface area contributed by atoms with Crippen molar-refractivity contribution in [1.29, 1.82) is 0 Å². The molecule has 0 aliphatic rings. The van der Waals surface area contributed by atoms with E-state index in [2.05, 4.69) is 24.1 Å². The number of likely N-dealkylation sites (N-methyl/N-ethyl adjacent to an activating group) is 1. The number of Topliss-reactive ketones (excluding diaryl/α,β-unsaturated/α-hetero) is 1. The van der Waals surface area contributed by atoms with Crippen LogP contribution in [0.15, 0.2) is 24.3 Å². The lowest BCUT2D eigenvalue weighted by molar-refractivity contribution is 0.101. The maximum atomic E-state index is 12.5. The molecular formula is C17H27N3O2. The van der Waals surface area contributed by atoms with Gasteiger partial charge in [-0.2, -0.15) is 0 Å². The van der Waals surface area contributed by atoms with Crippen LogP contribution in [0.25, 0.3) is 0 Å². The van der Waals surface area contributed by atoms with Crippen molar-refractivity contribution in [1.82, 2.24) is 9.80 Å². The Morgan fingerprint density at radius 3 is 2.41 bits per heavy atom. The minimum Gasteiger partial charge on any atom is -0.323 e. The molecule has 0 atom stereocenters. The molecule has 0 aliphatic heterocycles. The molecule has 0 aromatic heterocycles. The molecule has 0 radical (unpaired) electrons. The maximum absolute atomic E-state index is 12.5. The molecule has 0 bridgehead atoms. The Bertz CT molecular complexity index is 512. The van der Waals surface area contributed by atoms with Crippen molar-refractivity contribution in [3.05, 3.63) is 29.8 Å². The Kier molecular flexibility index (Phi) is 7.05. The lowest BCUT2D eigenvalue weighted by Gasteiger charge is -2.26. The van der Waals surface area contributed by atoms with E-state index in [9.17, 15) is 9.59 Å². The van der Waals surface area contributed by atoms with Crippen molar-refractivity contribution in [2.45, 2.75) is 20.8 Å². The van der Waals surface area contributed by atoms with Gasteiger partial charge in [-0.15, -0.1) is 0 Å². The van der Waals surface area contributed by atoms with E-state index < -0.39 is 0 Å². The topological polar surface area (TPSA) is 52.7 Å². The fourth-order valence-electron chi connectivity index (χ4n) is 2.06. The summed E-state index contributed by atoms with van der Waals surface area (Å²) in [6.45, 7) is 7.88.